The summed E-state index contributed by atoms with van der Waals surface area (Å²) in [4.78, 5) is 25.0. The highest BCUT2D eigenvalue weighted by Gasteiger charge is 2.25. The van der Waals surface area contributed by atoms with Crippen LogP contribution in [0.15, 0.2) is 42.7 Å². The second kappa shape index (κ2) is 7.80. The van der Waals surface area contributed by atoms with E-state index in [0.29, 0.717) is 18.7 Å². The summed E-state index contributed by atoms with van der Waals surface area (Å²) < 4.78 is 5.31. The lowest BCUT2D eigenvalue weighted by atomic mass is 10.1. The maximum absolute atomic E-state index is 13.1. The van der Waals surface area contributed by atoms with Crippen LogP contribution < -0.4 is 15.0 Å². The molecule has 0 unspecified atom stereocenters. The molecule has 1 aromatic carbocycles. The number of aromatic nitrogens is 2. The Balaban J connectivity index is 1.49. The number of hydrogen-bond donors (Lipinski definition) is 2. The van der Waals surface area contributed by atoms with Gasteiger partial charge in [0.15, 0.2) is 5.82 Å². The predicted molar refractivity (Wildman–Crippen MR) is 111 cm³/mol. The van der Waals surface area contributed by atoms with Crippen LogP contribution in [-0.2, 0) is 0 Å². The molecule has 7 heteroatoms. The third-order valence-corrected chi connectivity index (χ3v) is 5.14. The number of piperazine rings is 1. The first-order valence-corrected chi connectivity index (χ1v) is 9.59. The number of fused-ring (bicyclic) bond motifs is 1. The van der Waals surface area contributed by atoms with E-state index in [2.05, 4.69) is 27.1 Å². The van der Waals surface area contributed by atoms with Crippen LogP contribution in [0.1, 0.15) is 17.3 Å². The van der Waals surface area contributed by atoms with Crippen molar-refractivity contribution < 1.29 is 9.53 Å². The molecule has 1 fully saturated rings. The number of rotatable bonds is 5. The predicted octanol–water partition coefficient (Wildman–Crippen LogP) is 2.97. The monoisotopic (exact) mass is 379 g/mol. The summed E-state index contributed by atoms with van der Waals surface area (Å²) in [6.45, 7) is 5.76. The van der Waals surface area contributed by atoms with Crippen LogP contribution in [-0.4, -0.2) is 60.6 Å². The van der Waals surface area contributed by atoms with Gasteiger partial charge >= 0.3 is 0 Å². The Bertz CT molecular complexity index is 976. The number of benzene rings is 1. The van der Waals surface area contributed by atoms with E-state index in [9.17, 15) is 4.79 Å². The number of anilines is 2. The number of methoxy groups -OCH3 is 1. The summed E-state index contributed by atoms with van der Waals surface area (Å²) in [6, 6.07) is 9.72. The van der Waals surface area contributed by atoms with Crippen molar-refractivity contribution >= 4 is 28.3 Å². The van der Waals surface area contributed by atoms with Crippen molar-refractivity contribution in [1.82, 2.24) is 14.9 Å². The van der Waals surface area contributed by atoms with Crippen LogP contribution in [0.3, 0.4) is 0 Å². The zero-order chi connectivity index (χ0) is 19.5. The Kier molecular flexibility index (Phi) is 5.06. The van der Waals surface area contributed by atoms with Crippen LogP contribution in [0, 0.1) is 0 Å². The van der Waals surface area contributed by atoms with Crippen molar-refractivity contribution in [2.45, 2.75) is 6.92 Å². The largest absolute Gasteiger partial charge is 0.497 e. The third-order valence-electron chi connectivity index (χ3n) is 5.14. The summed E-state index contributed by atoms with van der Waals surface area (Å²) in [7, 11) is 1.63. The number of nitrogens with one attached hydrogen (secondary N) is 2. The summed E-state index contributed by atoms with van der Waals surface area (Å²) in [6.07, 6.45) is 3.61. The van der Waals surface area contributed by atoms with E-state index in [1.807, 2.05) is 41.4 Å². The molecule has 0 bridgehead atoms. The van der Waals surface area contributed by atoms with Crippen LogP contribution in [0.2, 0.25) is 0 Å². The molecule has 1 aliphatic heterocycles. The molecule has 1 aliphatic rings. The van der Waals surface area contributed by atoms with E-state index in [-0.39, 0.29) is 5.91 Å². The molecule has 0 aliphatic carbocycles. The minimum absolute atomic E-state index is 0.0482. The van der Waals surface area contributed by atoms with Gasteiger partial charge in [0.05, 0.1) is 18.4 Å². The van der Waals surface area contributed by atoms with Gasteiger partial charge in [-0.05, 0) is 37.3 Å². The first-order chi connectivity index (χ1) is 13.7. The number of amides is 1. The maximum atomic E-state index is 13.1. The number of ether oxygens (including phenoxy) is 1. The summed E-state index contributed by atoms with van der Waals surface area (Å²) in [5, 5.41) is 4.25. The van der Waals surface area contributed by atoms with E-state index in [0.717, 1.165) is 47.8 Å². The fourth-order valence-electron chi connectivity index (χ4n) is 3.67. The summed E-state index contributed by atoms with van der Waals surface area (Å²) in [5.41, 5.74) is 2.66. The van der Waals surface area contributed by atoms with E-state index in [1.165, 1.54) is 0 Å². The van der Waals surface area contributed by atoms with Gasteiger partial charge in [-0.2, -0.15) is 0 Å². The number of pyridine rings is 1. The van der Waals surface area contributed by atoms with E-state index in [4.69, 9.17) is 4.74 Å². The van der Waals surface area contributed by atoms with Gasteiger partial charge in [0, 0.05) is 56.0 Å². The highest BCUT2D eigenvalue weighted by Crippen LogP contribution is 2.27. The second-order valence-electron chi connectivity index (χ2n) is 6.80. The topological polar surface area (TPSA) is 73.5 Å². The van der Waals surface area contributed by atoms with E-state index in [1.54, 1.807) is 13.3 Å². The molecule has 3 aromatic rings. The van der Waals surface area contributed by atoms with E-state index < -0.39 is 0 Å². The van der Waals surface area contributed by atoms with Crippen LogP contribution in [0.5, 0.6) is 5.75 Å². The minimum atomic E-state index is 0.0482. The van der Waals surface area contributed by atoms with Crippen molar-refractivity contribution in [3.63, 3.8) is 0 Å². The lowest BCUT2D eigenvalue weighted by Crippen LogP contribution is -2.49. The molecule has 7 nitrogen and oxygen atoms in total. The molecule has 2 aromatic heterocycles. The number of hydrogen-bond acceptors (Lipinski definition) is 5. The molecule has 0 saturated carbocycles. The Morgan fingerprint density at radius 3 is 2.82 bits per heavy atom. The van der Waals surface area contributed by atoms with E-state index >= 15 is 0 Å². The molecule has 3 heterocycles. The number of carbonyl (C=O) groups excluding carboxylic acids is 1. The standard InChI is InChI=1S/C21H25N5O2/c1-3-22-19-5-4-8-23-20(19)25-9-11-26(12-10-25)21(27)17-14-24-18-7-6-15(28-2)13-16(17)18/h4-8,13-14,22,24H,3,9-12H2,1-2H3. The van der Waals surface area contributed by atoms with Gasteiger partial charge in [-0.1, -0.05) is 0 Å². The van der Waals surface area contributed by atoms with Crippen molar-refractivity contribution in [3.8, 4) is 5.75 Å². The summed E-state index contributed by atoms with van der Waals surface area (Å²) in [5.74, 6) is 1.75. The quantitative estimate of drug-likeness (QED) is 0.713. The van der Waals surface area contributed by atoms with Crippen molar-refractivity contribution in [3.05, 3.63) is 48.3 Å². The fraction of sp³-hybridized carbons (Fsp3) is 0.333. The maximum Gasteiger partial charge on any atom is 0.256 e. The van der Waals surface area contributed by atoms with Gasteiger partial charge < -0.3 is 24.8 Å². The smallest absolute Gasteiger partial charge is 0.256 e. The number of carbonyl (C=O) groups is 1. The van der Waals surface area contributed by atoms with Gasteiger partial charge in [0.1, 0.15) is 5.75 Å². The average molecular weight is 379 g/mol. The highest BCUT2D eigenvalue weighted by molar-refractivity contribution is 6.07. The summed E-state index contributed by atoms with van der Waals surface area (Å²) >= 11 is 0. The van der Waals surface area contributed by atoms with Crippen molar-refractivity contribution in [2.24, 2.45) is 0 Å². The third kappa shape index (κ3) is 3.35. The molecule has 0 spiro atoms. The molecular weight excluding hydrogens is 354 g/mol. The fourth-order valence-corrected chi connectivity index (χ4v) is 3.67. The van der Waals surface area contributed by atoms with Gasteiger partial charge in [-0.3, -0.25) is 4.79 Å². The molecule has 28 heavy (non-hydrogen) atoms. The van der Waals surface area contributed by atoms with Gasteiger partial charge in [0.2, 0.25) is 0 Å². The second-order valence-corrected chi connectivity index (χ2v) is 6.80. The normalized spacial score (nSPS) is 14.4. The zero-order valence-corrected chi connectivity index (χ0v) is 16.2. The molecule has 1 amide bonds. The van der Waals surface area contributed by atoms with Gasteiger partial charge in [0.25, 0.3) is 5.91 Å². The van der Waals surface area contributed by atoms with Crippen molar-refractivity contribution in [2.75, 3.05) is 50.1 Å². The SMILES string of the molecule is CCNc1cccnc1N1CCN(C(=O)c2c[nH]c3ccc(OC)cc23)CC1. The first kappa shape index (κ1) is 18.2. The lowest BCUT2D eigenvalue weighted by molar-refractivity contribution is 0.0748. The van der Waals surface area contributed by atoms with Crippen LogP contribution in [0.4, 0.5) is 11.5 Å². The molecular formula is C21H25N5O2. The Morgan fingerprint density at radius 2 is 2.07 bits per heavy atom. The molecule has 0 radical (unpaired) electrons. The highest BCUT2D eigenvalue weighted by atomic mass is 16.5. The number of nitrogens with zero attached hydrogens (tertiary/aromatic N) is 3. The minimum Gasteiger partial charge on any atom is -0.497 e. The number of aromatic amines is 1. The Labute approximate surface area is 164 Å². The van der Waals surface area contributed by atoms with Crippen molar-refractivity contribution in [1.29, 1.82) is 0 Å². The molecule has 0 atom stereocenters. The van der Waals surface area contributed by atoms with Gasteiger partial charge in [-0.15, -0.1) is 0 Å². The Morgan fingerprint density at radius 1 is 1.25 bits per heavy atom. The lowest BCUT2D eigenvalue weighted by Gasteiger charge is -2.36. The molecule has 4 rings (SSSR count). The van der Waals surface area contributed by atoms with Crippen LogP contribution >= 0.6 is 0 Å². The molecule has 1 saturated heterocycles. The molecule has 146 valence electrons. The number of H-pyrrole nitrogens is 1. The average Bonchev–Trinajstić information content (AvgIpc) is 3.17. The Hall–Kier alpha value is -3.22. The first-order valence-electron chi connectivity index (χ1n) is 9.59. The molecule has 2 N–H and O–H groups in total. The van der Waals surface area contributed by atoms with Crippen LogP contribution in [0.25, 0.3) is 10.9 Å². The zero-order valence-electron chi connectivity index (χ0n) is 16.2. The van der Waals surface area contributed by atoms with Gasteiger partial charge in [-0.25, -0.2) is 4.98 Å².